The first-order valence-electron chi connectivity index (χ1n) is 6.46. The smallest absolute Gasteiger partial charge is 0.144 e. The molecule has 0 spiro atoms. The van der Waals surface area contributed by atoms with Crippen LogP contribution in [-0.4, -0.2) is 32.8 Å². The van der Waals surface area contributed by atoms with E-state index in [1.165, 1.54) is 0 Å². The van der Waals surface area contributed by atoms with Gasteiger partial charge in [-0.05, 0) is 13.8 Å². The highest BCUT2D eigenvalue weighted by molar-refractivity contribution is 8.07. The summed E-state index contributed by atoms with van der Waals surface area (Å²) in [7, 11) is 0. The molecule has 0 aromatic carbocycles. The molecular weight excluding hydrogens is 262 g/mol. The number of thioether (sulfide) groups is 2. The van der Waals surface area contributed by atoms with Crippen LogP contribution < -0.4 is 5.32 Å². The van der Waals surface area contributed by atoms with E-state index in [0.717, 1.165) is 34.9 Å². The minimum absolute atomic E-state index is 0.429. The van der Waals surface area contributed by atoms with Crippen LogP contribution >= 0.6 is 23.5 Å². The standard InChI is InChI=1S/C13H21N3S2/c1-5-14-12-6-8(2)15-13(16-12)11-7-17-9(3)10(4)18-11/h6,9-11H,5,7H2,1-4H3,(H,14,15,16). The minimum atomic E-state index is 0.429. The average Bonchev–Trinajstić information content (AvgIpc) is 2.32. The molecule has 5 heteroatoms. The van der Waals surface area contributed by atoms with Crippen LogP contribution in [0.4, 0.5) is 5.82 Å². The second-order valence-corrected chi connectivity index (χ2v) is 7.65. The highest BCUT2D eigenvalue weighted by Crippen LogP contribution is 2.43. The van der Waals surface area contributed by atoms with E-state index in [0.29, 0.717) is 10.5 Å². The quantitative estimate of drug-likeness (QED) is 0.919. The normalized spacial score (nSPS) is 28.1. The fraction of sp³-hybridized carbons (Fsp3) is 0.692. The lowest BCUT2D eigenvalue weighted by Gasteiger charge is -2.30. The molecule has 18 heavy (non-hydrogen) atoms. The van der Waals surface area contributed by atoms with Crippen molar-refractivity contribution >= 4 is 29.3 Å². The lowest BCUT2D eigenvalue weighted by Crippen LogP contribution is -2.23. The average molecular weight is 283 g/mol. The third-order valence-corrected chi connectivity index (χ3v) is 6.45. The molecule has 1 aliphatic heterocycles. The van der Waals surface area contributed by atoms with Crippen molar-refractivity contribution in [1.29, 1.82) is 0 Å². The molecule has 0 saturated carbocycles. The maximum absolute atomic E-state index is 4.65. The molecule has 0 amide bonds. The van der Waals surface area contributed by atoms with Crippen LogP contribution in [0.2, 0.25) is 0 Å². The van der Waals surface area contributed by atoms with Gasteiger partial charge in [-0.2, -0.15) is 11.8 Å². The lowest BCUT2D eigenvalue weighted by molar-refractivity contribution is 0.852. The number of rotatable bonds is 3. The first-order valence-corrected chi connectivity index (χ1v) is 8.45. The Morgan fingerprint density at radius 2 is 2.11 bits per heavy atom. The molecule has 1 aliphatic rings. The molecule has 3 atom stereocenters. The SMILES string of the molecule is CCNc1cc(C)nc(C2CSC(C)C(C)S2)n1. The Labute approximate surface area is 118 Å². The van der Waals surface area contributed by atoms with E-state index in [1.807, 2.05) is 36.5 Å². The fourth-order valence-corrected chi connectivity index (χ4v) is 4.77. The van der Waals surface area contributed by atoms with Crippen molar-refractivity contribution in [1.82, 2.24) is 9.97 Å². The summed E-state index contributed by atoms with van der Waals surface area (Å²) in [6.07, 6.45) is 0. The van der Waals surface area contributed by atoms with E-state index in [2.05, 4.69) is 36.1 Å². The van der Waals surface area contributed by atoms with Crippen molar-refractivity contribution in [3.63, 3.8) is 0 Å². The molecule has 100 valence electrons. The molecule has 1 N–H and O–H groups in total. The number of hydrogen-bond donors (Lipinski definition) is 1. The predicted octanol–water partition coefficient (Wildman–Crippen LogP) is 3.51. The number of hydrogen-bond acceptors (Lipinski definition) is 5. The van der Waals surface area contributed by atoms with E-state index in [9.17, 15) is 0 Å². The third kappa shape index (κ3) is 3.32. The van der Waals surface area contributed by atoms with Gasteiger partial charge in [0, 0.05) is 34.6 Å². The van der Waals surface area contributed by atoms with Gasteiger partial charge in [0.05, 0.1) is 5.25 Å². The van der Waals surface area contributed by atoms with Crippen molar-refractivity contribution in [3.8, 4) is 0 Å². The van der Waals surface area contributed by atoms with Crippen LogP contribution in [0.15, 0.2) is 6.07 Å². The zero-order valence-electron chi connectivity index (χ0n) is 11.4. The molecule has 1 saturated heterocycles. The zero-order valence-corrected chi connectivity index (χ0v) is 13.1. The number of nitrogens with one attached hydrogen (secondary N) is 1. The molecule has 3 unspecified atom stereocenters. The second-order valence-electron chi connectivity index (χ2n) is 4.65. The van der Waals surface area contributed by atoms with Gasteiger partial charge < -0.3 is 5.32 Å². The Hall–Kier alpha value is -0.420. The van der Waals surface area contributed by atoms with Crippen molar-refractivity contribution < 1.29 is 0 Å². The molecule has 0 radical (unpaired) electrons. The Bertz CT molecular complexity index is 411. The van der Waals surface area contributed by atoms with Crippen molar-refractivity contribution in [3.05, 3.63) is 17.6 Å². The fourth-order valence-electron chi connectivity index (χ4n) is 1.93. The Kier molecular flexibility index (Phi) is 4.78. The number of aryl methyl sites for hydroxylation is 1. The lowest BCUT2D eigenvalue weighted by atomic mass is 10.3. The first kappa shape index (κ1) is 14.0. The van der Waals surface area contributed by atoms with Crippen LogP contribution in [0.25, 0.3) is 0 Å². The van der Waals surface area contributed by atoms with E-state index in [-0.39, 0.29) is 0 Å². The summed E-state index contributed by atoms with van der Waals surface area (Å²) in [5, 5.41) is 5.10. The van der Waals surface area contributed by atoms with Crippen LogP contribution in [0.5, 0.6) is 0 Å². The zero-order chi connectivity index (χ0) is 13.1. The Balaban J connectivity index is 2.17. The molecular formula is C13H21N3S2. The minimum Gasteiger partial charge on any atom is -0.370 e. The van der Waals surface area contributed by atoms with Gasteiger partial charge in [0.25, 0.3) is 0 Å². The maximum Gasteiger partial charge on any atom is 0.144 e. The number of anilines is 1. The van der Waals surface area contributed by atoms with Crippen LogP contribution in [0.1, 0.15) is 37.5 Å². The highest BCUT2D eigenvalue weighted by atomic mass is 32.2. The molecule has 1 fully saturated rings. The van der Waals surface area contributed by atoms with Gasteiger partial charge in [0.2, 0.25) is 0 Å². The van der Waals surface area contributed by atoms with Gasteiger partial charge in [0.15, 0.2) is 0 Å². The van der Waals surface area contributed by atoms with Gasteiger partial charge >= 0.3 is 0 Å². The summed E-state index contributed by atoms with van der Waals surface area (Å²) in [4.78, 5) is 9.26. The molecule has 1 aromatic rings. The summed E-state index contributed by atoms with van der Waals surface area (Å²) in [6.45, 7) is 9.63. The predicted molar refractivity (Wildman–Crippen MR) is 82.6 cm³/mol. The Morgan fingerprint density at radius 3 is 2.78 bits per heavy atom. The molecule has 1 aromatic heterocycles. The summed E-state index contributed by atoms with van der Waals surface area (Å²) >= 11 is 4.04. The highest BCUT2D eigenvalue weighted by Gasteiger charge is 2.28. The van der Waals surface area contributed by atoms with Gasteiger partial charge in [-0.15, -0.1) is 11.8 Å². The molecule has 0 aliphatic carbocycles. The molecule has 2 rings (SSSR count). The van der Waals surface area contributed by atoms with E-state index < -0.39 is 0 Å². The van der Waals surface area contributed by atoms with Gasteiger partial charge in [-0.3, -0.25) is 0 Å². The largest absolute Gasteiger partial charge is 0.370 e. The monoisotopic (exact) mass is 283 g/mol. The summed E-state index contributed by atoms with van der Waals surface area (Å²) in [6, 6.07) is 2.01. The molecule has 2 heterocycles. The molecule has 0 bridgehead atoms. The van der Waals surface area contributed by atoms with E-state index >= 15 is 0 Å². The van der Waals surface area contributed by atoms with Crippen molar-refractivity contribution in [2.45, 2.75) is 43.4 Å². The van der Waals surface area contributed by atoms with Gasteiger partial charge in [0.1, 0.15) is 11.6 Å². The van der Waals surface area contributed by atoms with Gasteiger partial charge in [-0.25, -0.2) is 9.97 Å². The van der Waals surface area contributed by atoms with Crippen LogP contribution in [0, 0.1) is 6.92 Å². The summed E-state index contributed by atoms with van der Waals surface area (Å²) in [5.41, 5.74) is 1.05. The number of nitrogens with zero attached hydrogens (tertiary/aromatic N) is 2. The third-order valence-electron chi connectivity index (χ3n) is 3.07. The summed E-state index contributed by atoms with van der Waals surface area (Å²) in [5.74, 6) is 3.06. The van der Waals surface area contributed by atoms with Crippen LogP contribution in [0.3, 0.4) is 0 Å². The first-order chi connectivity index (χ1) is 8.60. The van der Waals surface area contributed by atoms with Gasteiger partial charge in [-0.1, -0.05) is 13.8 Å². The van der Waals surface area contributed by atoms with E-state index in [1.54, 1.807) is 0 Å². The summed E-state index contributed by atoms with van der Waals surface area (Å²) < 4.78 is 0. The van der Waals surface area contributed by atoms with Crippen LogP contribution in [-0.2, 0) is 0 Å². The maximum atomic E-state index is 4.65. The second kappa shape index (κ2) is 6.15. The number of aromatic nitrogens is 2. The van der Waals surface area contributed by atoms with Crippen molar-refractivity contribution in [2.24, 2.45) is 0 Å². The van der Waals surface area contributed by atoms with Crippen molar-refractivity contribution in [2.75, 3.05) is 17.6 Å². The Morgan fingerprint density at radius 1 is 1.33 bits per heavy atom. The van der Waals surface area contributed by atoms with E-state index in [4.69, 9.17) is 0 Å². The topological polar surface area (TPSA) is 37.8 Å². The molecule has 3 nitrogen and oxygen atoms in total.